The largest absolute Gasteiger partial charge is 0.493 e. The minimum absolute atomic E-state index is 0.173. The predicted octanol–water partition coefficient (Wildman–Crippen LogP) is 3.41. The fraction of sp³-hybridized carbons (Fsp3) is 0.400. The molecule has 138 valence electrons. The highest BCUT2D eigenvalue weighted by Crippen LogP contribution is 2.32. The Balaban J connectivity index is 1.41. The highest BCUT2D eigenvalue weighted by atomic mass is 32.1. The monoisotopic (exact) mass is 372 g/mol. The quantitative estimate of drug-likeness (QED) is 0.791. The van der Waals surface area contributed by atoms with Crippen molar-refractivity contribution >= 4 is 23.2 Å². The molecule has 2 N–H and O–H groups in total. The minimum Gasteiger partial charge on any atom is -0.493 e. The molecule has 0 saturated carbocycles. The maximum atomic E-state index is 12.2. The van der Waals surface area contributed by atoms with Crippen molar-refractivity contribution in [2.24, 2.45) is 5.92 Å². The Morgan fingerprint density at radius 1 is 1.23 bits per heavy atom. The van der Waals surface area contributed by atoms with E-state index in [4.69, 9.17) is 4.74 Å². The first kappa shape index (κ1) is 18.5. The first-order valence-electron chi connectivity index (χ1n) is 8.91. The van der Waals surface area contributed by atoms with Gasteiger partial charge in [0.1, 0.15) is 5.75 Å². The second-order valence-electron chi connectivity index (χ2n) is 6.82. The normalized spacial score (nSPS) is 15.8. The summed E-state index contributed by atoms with van der Waals surface area (Å²) in [5.74, 6) is 0.859. The maximum Gasteiger partial charge on any atom is 0.279 e. The topological polar surface area (TPSA) is 67.4 Å². The Bertz CT molecular complexity index is 783. The third-order valence-corrected chi connectivity index (χ3v) is 5.72. The average molecular weight is 372 g/mol. The maximum absolute atomic E-state index is 12.2. The van der Waals surface area contributed by atoms with Crippen LogP contribution in [0.25, 0.3) is 0 Å². The van der Waals surface area contributed by atoms with Crippen LogP contribution in [0.2, 0.25) is 0 Å². The Morgan fingerprint density at radius 2 is 2.00 bits per heavy atom. The van der Waals surface area contributed by atoms with Crippen molar-refractivity contribution in [2.75, 3.05) is 6.61 Å². The molecule has 0 fully saturated rings. The first-order valence-corrected chi connectivity index (χ1v) is 9.73. The van der Waals surface area contributed by atoms with Crippen LogP contribution in [-0.2, 0) is 17.6 Å². The van der Waals surface area contributed by atoms with Crippen LogP contribution >= 0.6 is 11.3 Å². The molecule has 0 unspecified atom stereocenters. The van der Waals surface area contributed by atoms with Crippen LogP contribution in [-0.4, -0.2) is 18.4 Å². The van der Waals surface area contributed by atoms with Crippen LogP contribution in [0.5, 0.6) is 5.75 Å². The molecule has 1 aromatic carbocycles. The van der Waals surface area contributed by atoms with E-state index in [-0.39, 0.29) is 24.8 Å². The van der Waals surface area contributed by atoms with E-state index < -0.39 is 0 Å². The summed E-state index contributed by atoms with van der Waals surface area (Å²) in [6.45, 7) is 4.50. The summed E-state index contributed by atoms with van der Waals surface area (Å²) in [5.41, 5.74) is 7.38. The highest BCUT2D eigenvalue weighted by Gasteiger charge is 2.20. The number of amides is 2. The molecule has 5 nitrogen and oxygen atoms in total. The van der Waals surface area contributed by atoms with Crippen molar-refractivity contribution in [3.63, 3.8) is 0 Å². The molecule has 0 radical (unpaired) electrons. The lowest BCUT2D eigenvalue weighted by molar-refractivity contribution is -0.122. The summed E-state index contributed by atoms with van der Waals surface area (Å²) >= 11 is 1.53. The number of aryl methyl sites for hydroxylation is 2. The Hall–Kier alpha value is -2.34. The number of hydrazine groups is 1. The van der Waals surface area contributed by atoms with E-state index in [0.29, 0.717) is 10.8 Å². The van der Waals surface area contributed by atoms with Crippen molar-refractivity contribution in [3.05, 3.63) is 51.2 Å². The van der Waals surface area contributed by atoms with E-state index >= 15 is 0 Å². The van der Waals surface area contributed by atoms with Gasteiger partial charge >= 0.3 is 0 Å². The van der Waals surface area contributed by atoms with Crippen LogP contribution in [0.4, 0.5) is 0 Å². The molecule has 1 aromatic heterocycles. The van der Waals surface area contributed by atoms with Gasteiger partial charge < -0.3 is 4.74 Å². The summed E-state index contributed by atoms with van der Waals surface area (Å²) in [7, 11) is 0. The van der Waals surface area contributed by atoms with Crippen molar-refractivity contribution in [1.82, 2.24) is 10.9 Å². The van der Waals surface area contributed by atoms with Gasteiger partial charge in [0.25, 0.3) is 5.91 Å². The lowest BCUT2D eigenvalue weighted by Crippen LogP contribution is -2.41. The summed E-state index contributed by atoms with van der Waals surface area (Å²) in [4.78, 5) is 26.0. The van der Waals surface area contributed by atoms with Gasteiger partial charge in [0.05, 0.1) is 17.9 Å². The van der Waals surface area contributed by atoms with Gasteiger partial charge in [-0.15, -0.1) is 11.3 Å². The molecule has 0 bridgehead atoms. The van der Waals surface area contributed by atoms with E-state index in [0.717, 1.165) is 24.2 Å². The summed E-state index contributed by atoms with van der Waals surface area (Å²) in [6.07, 6.45) is 3.41. The fourth-order valence-electron chi connectivity index (χ4n) is 2.96. The number of thiophene rings is 1. The number of nitrogens with one attached hydrogen (secondary N) is 2. The summed E-state index contributed by atoms with van der Waals surface area (Å²) in [6, 6.07) is 9.61. The molecule has 0 aliphatic heterocycles. The predicted molar refractivity (Wildman–Crippen MR) is 102 cm³/mol. The smallest absolute Gasteiger partial charge is 0.279 e. The number of hydrogen-bond acceptors (Lipinski definition) is 4. The third-order valence-electron chi connectivity index (χ3n) is 4.49. The summed E-state index contributed by atoms with van der Waals surface area (Å²) in [5, 5.41) is 0. The SMILES string of the molecule is Cc1ccc(OCCC(=O)NNC(=O)c2cc3c(s2)CC[C@H](C)C3)cc1. The van der Waals surface area contributed by atoms with Crippen LogP contribution in [0.3, 0.4) is 0 Å². The van der Waals surface area contributed by atoms with Gasteiger partial charge in [-0.2, -0.15) is 0 Å². The van der Waals surface area contributed by atoms with Crippen molar-refractivity contribution in [2.45, 2.75) is 39.5 Å². The minimum atomic E-state index is -0.277. The molecule has 6 heteroatoms. The molecule has 0 spiro atoms. The lowest BCUT2D eigenvalue weighted by atomic mass is 9.90. The molecule has 0 saturated heterocycles. The zero-order valence-electron chi connectivity index (χ0n) is 15.1. The molecule has 26 heavy (non-hydrogen) atoms. The van der Waals surface area contributed by atoms with Gasteiger partial charge in [0.2, 0.25) is 5.91 Å². The van der Waals surface area contributed by atoms with Gasteiger partial charge in [-0.3, -0.25) is 20.4 Å². The van der Waals surface area contributed by atoms with E-state index in [2.05, 4.69) is 17.8 Å². The molecular weight excluding hydrogens is 348 g/mol. The first-order chi connectivity index (χ1) is 12.5. The number of ether oxygens (including phenoxy) is 1. The van der Waals surface area contributed by atoms with Crippen LogP contribution < -0.4 is 15.6 Å². The Kier molecular flexibility index (Phi) is 5.93. The van der Waals surface area contributed by atoms with E-state index in [1.54, 1.807) is 0 Å². The summed E-state index contributed by atoms with van der Waals surface area (Å²) < 4.78 is 5.52. The Morgan fingerprint density at radius 3 is 2.77 bits per heavy atom. The molecule has 2 aromatic rings. The molecular formula is C20H24N2O3S. The molecule has 1 heterocycles. The molecule has 1 atom stereocenters. The number of benzene rings is 1. The number of rotatable bonds is 5. The zero-order chi connectivity index (χ0) is 18.5. The van der Waals surface area contributed by atoms with Crippen molar-refractivity contribution < 1.29 is 14.3 Å². The number of carbonyl (C=O) groups excluding carboxylic acids is 2. The van der Waals surface area contributed by atoms with Gasteiger partial charge in [-0.25, -0.2) is 0 Å². The lowest BCUT2D eigenvalue weighted by Gasteiger charge is -2.16. The third kappa shape index (κ3) is 4.85. The van der Waals surface area contributed by atoms with Gasteiger partial charge in [-0.1, -0.05) is 24.6 Å². The number of fused-ring (bicyclic) bond motifs is 1. The average Bonchev–Trinajstić information content (AvgIpc) is 3.04. The van der Waals surface area contributed by atoms with Gasteiger partial charge in [0, 0.05) is 4.88 Å². The standard InChI is InChI=1S/C20H24N2O3S/c1-13-3-6-16(7-4-13)25-10-9-19(23)21-22-20(24)18-12-15-11-14(2)5-8-17(15)26-18/h3-4,6-7,12,14H,5,8-11H2,1-2H3,(H,21,23)(H,22,24)/t14-/m0/s1. The fourth-order valence-corrected chi connectivity index (χ4v) is 4.07. The molecule has 2 amide bonds. The van der Waals surface area contributed by atoms with Gasteiger partial charge in [0.15, 0.2) is 0 Å². The second-order valence-corrected chi connectivity index (χ2v) is 7.96. The van der Waals surface area contributed by atoms with Crippen molar-refractivity contribution in [3.8, 4) is 5.75 Å². The van der Waals surface area contributed by atoms with E-state index in [9.17, 15) is 9.59 Å². The molecule has 3 rings (SSSR count). The van der Waals surface area contributed by atoms with Crippen LogP contribution in [0.15, 0.2) is 30.3 Å². The Labute approximate surface area is 157 Å². The molecule has 1 aliphatic carbocycles. The van der Waals surface area contributed by atoms with Gasteiger partial charge in [-0.05, 0) is 55.9 Å². The molecule has 1 aliphatic rings. The van der Waals surface area contributed by atoms with E-state index in [1.807, 2.05) is 37.3 Å². The zero-order valence-corrected chi connectivity index (χ0v) is 15.9. The second kappa shape index (κ2) is 8.36. The highest BCUT2D eigenvalue weighted by molar-refractivity contribution is 7.14. The van der Waals surface area contributed by atoms with Crippen LogP contribution in [0.1, 0.15) is 45.4 Å². The number of hydrogen-bond donors (Lipinski definition) is 2. The van der Waals surface area contributed by atoms with Crippen LogP contribution in [0, 0.1) is 12.8 Å². The number of carbonyl (C=O) groups is 2. The van der Waals surface area contributed by atoms with Crippen molar-refractivity contribution in [1.29, 1.82) is 0 Å². The van der Waals surface area contributed by atoms with E-state index in [1.165, 1.54) is 28.2 Å².